The first-order valence-corrected chi connectivity index (χ1v) is 18.6. The molecule has 1 saturated carbocycles. The van der Waals surface area contributed by atoms with Gasteiger partial charge in [0.25, 0.3) is 0 Å². The Labute approximate surface area is 254 Å². The van der Waals surface area contributed by atoms with Gasteiger partial charge in [0.15, 0.2) is 14.1 Å². The molecule has 7 atom stereocenters. The Morgan fingerprint density at radius 2 is 1.67 bits per heavy atom. The van der Waals surface area contributed by atoms with Gasteiger partial charge in [-0.05, 0) is 75.0 Å². The first-order valence-electron chi connectivity index (χ1n) is 16.1. The Morgan fingerprint density at radius 3 is 2.29 bits per heavy atom. The van der Waals surface area contributed by atoms with E-state index < -0.39 is 42.6 Å². The zero-order valence-electron chi connectivity index (χ0n) is 27.2. The molecule has 0 unspecified atom stereocenters. The minimum atomic E-state index is -2.06. The number of esters is 1. The van der Waals surface area contributed by atoms with Crippen LogP contribution in [-0.2, 0) is 18.6 Å². The van der Waals surface area contributed by atoms with Crippen LogP contribution >= 0.6 is 0 Å². The molecule has 5 rings (SSSR count). The lowest BCUT2D eigenvalue weighted by molar-refractivity contribution is -0.207. The van der Waals surface area contributed by atoms with Gasteiger partial charge in [-0.3, -0.25) is 0 Å². The van der Waals surface area contributed by atoms with Crippen LogP contribution in [0.5, 0.6) is 0 Å². The Morgan fingerprint density at radius 1 is 1.02 bits per heavy atom. The summed E-state index contributed by atoms with van der Waals surface area (Å²) in [5.74, 6) is -1.49. The summed E-state index contributed by atoms with van der Waals surface area (Å²) in [6.45, 7) is 19.3. The standard InChI is InChI=1S/C35H52O6Si/c1-10-42(11-2,12-3)41-26-22-35(37)29(38-31(36)24-18-14-13-15-19-24)25-20-16-17-21-34(25,9)30-28(39-33(7,8)40-30)27(23(26)4)32(35,5)6/h13-16,18-20,25-26,28-30,37H,10-12,17,21-22H2,1-9H3/t25-,26-,28+,29-,30-,34+,35+/m0/s1. The van der Waals surface area contributed by atoms with Crippen molar-refractivity contribution in [2.24, 2.45) is 16.7 Å². The molecular formula is C35H52O6Si. The molecule has 1 heterocycles. The summed E-state index contributed by atoms with van der Waals surface area (Å²) in [6, 6.07) is 12.1. The molecule has 2 fully saturated rings. The molecule has 6 nitrogen and oxygen atoms in total. The van der Waals surface area contributed by atoms with Crippen LogP contribution < -0.4 is 0 Å². The van der Waals surface area contributed by atoms with E-state index in [1.54, 1.807) is 12.1 Å². The van der Waals surface area contributed by atoms with E-state index in [2.05, 4.69) is 60.6 Å². The molecule has 1 N–H and O–H groups in total. The van der Waals surface area contributed by atoms with Crippen molar-refractivity contribution in [1.82, 2.24) is 0 Å². The van der Waals surface area contributed by atoms with Gasteiger partial charge in [0, 0.05) is 23.2 Å². The van der Waals surface area contributed by atoms with E-state index in [9.17, 15) is 9.90 Å². The van der Waals surface area contributed by atoms with Crippen LogP contribution in [0.25, 0.3) is 0 Å². The molecule has 1 aromatic carbocycles. The van der Waals surface area contributed by atoms with Gasteiger partial charge in [0.2, 0.25) is 0 Å². The topological polar surface area (TPSA) is 74.2 Å². The van der Waals surface area contributed by atoms with Crippen LogP contribution in [0, 0.1) is 16.7 Å². The molecule has 1 aliphatic heterocycles. The summed E-state index contributed by atoms with van der Waals surface area (Å²) in [7, 11) is -2.06. The first-order chi connectivity index (χ1) is 19.7. The van der Waals surface area contributed by atoms with Gasteiger partial charge < -0.3 is 23.7 Å². The number of ether oxygens (including phenoxy) is 3. The molecule has 0 aromatic heterocycles. The fourth-order valence-corrected chi connectivity index (χ4v) is 11.4. The lowest BCUT2D eigenvalue weighted by atomic mass is 9.49. The molecular weight excluding hydrogens is 544 g/mol. The zero-order chi connectivity index (χ0) is 30.7. The van der Waals surface area contributed by atoms with E-state index in [0.717, 1.165) is 42.1 Å². The summed E-state index contributed by atoms with van der Waals surface area (Å²) in [5.41, 5.74) is 0.0145. The van der Waals surface area contributed by atoms with Gasteiger partial charge in [-0.15, -0.1) is 0 Å². The molecule has 0 spiro atoms. The van der Waals surface area contributed by atoms with E-state index in [-0.39, 0.29) is 24.2 Å². The SMILES string of the molecule is CC[Si](CC)(CC)O[C@H]1C[C@@]2(O)[C@@H](OC(=O)c3ccccc3)[C@@H]3C=CCC[C@@]3(C)[C@H]3OC(C)(C)O[C@@H]3C(=C1C)C2(C)C. The van der Waals surface area contributed by atoms with Crippen molar-refractivity contribution < 1.29 is 28.5 Å². The number of aliphatic hydroxyl groups is 1. The van der Waals surface area contributed by atoms with Gasteiger partial charge in [-0.2, -0.15) is 0 Å². The van der Waals surface area contributed by atoms with Gasteiger partial charge in [0.05, 0.1) is 17.8 Å². The van der Waals surface area contributed by atoms with Crippen molar-refractivity contribution in [1.29, 1.82) is 0 Å². The number of fused-ring (bicyclic) bond motifs is 6. The third kappa shape index (κ3) is 4.88. The largest absolute Gasteiger partial charge is 0.455 e. The summed E-state index contributed by atoms with van der Waals surface area (Å²) < 4.78 is 27.4. The van der Waals surface area contributed by atoms with Gasteiger partial charge in [-0.25, -0.2) is 4.79 Å². The third-order valence-corrected chi connectivity index (χ3v) is 16.2. The second kappa shape index (κ2) is 11.0. The van der Waals surface area contributed by atoms with Crippen LogP contribution in [0.3, 0.4) is 0 Å². The molecule has 0 amide bonds. The molecule has 3 aliphatic carbocycles. The average Bonchev–Trinajstić information content (AvgIpc) is 3.28. The Hall–Kier alpha value is -1.77. The van der Waals surface area contributed by atoms with Crippen LogP contribution in [0.1, 0.15) is 91.9 Å². The van der Waals surface area contributed by atoms with Crippen molar-refractivity contribution in [3.63, 3.8) is 0 Å². The lowest BCUT2D eigenvalue weighted by Gasteiger charge is -2.61. The summed E-state index contributed by atoms with van der Waals surface area (Å²) in [5, 5.41) is 13.3. The molecule has 0 radical (unpaired) electrons. The highest BCUT2D eigenvalue weighted by molar-refractivity contribution is 6.73. The van der Waals surface area contributed by atoms with E-state index in [0.29, 0.717) is 12.0 Å². The number of carbonyl (C=O) groups is 1. The normalized spacial score (nSPS) is 37.0. The Bertz CT molecular complexity index is 1220. The Kier molecular flexibility index (Phi) is 8.28. The number of rotatable bonds is 7. The number of hydrogen-bond acceptors (Lipinski definition) is 6. The lowest BCUT2D eigenvalue weighted by Crippen LogP contribution is -2.69. The fraction of sp³-hybridized carbons (Fsp3) is 0.686. The van der Waals surface area contributed by atoms with E-state index in [1.807, 2.05) is 32.0 Å². The molecule has 2 bridgehead atoms. The smallest absolute Gasteiger partial charge is 0.338 e. The monoisotopic (exact) mass is 596 g/mol. The third-order valence-electron chi connectivity index (χ3n) is 11.5. The van der Waals surface area contributed by atoms with Crippen LogP contribution in [0.4, 0.5) is 0 Å². The molecule has 4 aliphatic rings. The highest BCUT2D eigenvalue weighted by Crippen LogP contribution is 2.63. The van der Waals surface area contributed by atoms with Crippen molar-refractivity contribution in [2.75, 3.05) is 0 Å². The summed E-state index contributed by atoms with van der Waals surface area (Å²) in [6.07, 6.45) is 4.69. The van der Waals surface area contributed by atoms with Crippen LogP contribution in [-0.4, -0.2) is 55.2 Å². The minimum absolute atomic E-state index is 0.278. The maximum Gasteiger partial charge on any atom is 0.338 e. The van der Waals surface area contributed by atoms with Crippen molar-refractivity contribution in [2.45, 2.75) is 136 Å². The maximum atomic E-state index is 13.8. The average molecular weight is 597 g/mol. The number of allylic oxidation sites excluding steroid dienone is 1. The summed E-state index contributed by atoms with van der Waals surface area (Å²) in [4.78, 5) is 13.8. The van der Waals surface area contributed by atoms with Crippen molar-refractivity contribution >= 4 is 14.3 Å². The second-order valence-electron chi connectivity index (χ2n) is 14.4. The first kappa shape index (κ1) is 31.6. The van der Waals surface area contributed by atoms with Crippen molar-refractivity contribution in [3.05, 3.63) is 59.2 Å². The minimum Gasteiger partial charge on any atom is -0.455 e. The van der Waals surface area contributed by atoms with Gasteiger partial charge in [-0.1, -0.05) is 71.9 Å². The van der Waals surface area contributed by atoms with E-state index in [4.69, 9.17) is 18.6 Å². The highest BCUT2D eigenvalue weighted by atomic mass is 28.4. The number of benzene rings is 1. The van der Waals surface area contributed by atoms with Gasteiger partial charge in [0.1, 0.15) is 17.8 Å². The fourth-order valence-electron chi connectivity index (χ4n) is 8.56. The van der Waals surface area contributed by atoms with Gasteiger partial charge >= 0.3 is 5.97 Å². The van der Waals surface area contributed by atoms with E-state index >= 15 is 0 Å². The quantitative estimate of drug-likeness (QED) is 0.199. The zero-order valence-corrected chi connectivity index (χ0v) is 28.2. The Balaban J connectivity index is 1.74. The second-order valence-corrected chi connectivity index (χ2v) is 19.1. The maximum absolute atomic E-state index is 13.8. The van der Waals surface area contributed by atoms with Crippen molar-refractivity contribution in [3.8, 4) is 0 Å². The number of hydrogen-bond donors (Lipinski definition) is 1. The molecule has 1 saturated heterocycles. The predicted molar refractivity (Wildman–Crippen MR) is 168 cm³/mol. The highest BCUT2D eigenvalue weighted by Gasteiger charge is 2.69. The van der Waals surface area contributed by atoms with Crippen LogP contribution in [0.2, 0.25) is 18.1 Å². The molecule has 7 heteroatoms. The number of carbonyl (C=O) groups excluding carboxylic acids is 1. The molecule has 42 heavy (non-hydrogen) atoms. The molecule has 1 aromatic rings. The molecule has 232 valence electrons. The summed E-state index contributed by atoms with van der Waals surface area (Å²) >= 11 is 0. The van der Waals surface area contributed by atoms with Crippen LogP contribution in [0.15, 0.2) is 53.6 Å². The van der Waals surface area contributed by atoms with E-state index in [1.165, 1.54) is 0 Å². The predicted octanol–water partition coefficient (Wildman–Crippen LogP) is 7.59.